The van der Waals surface area contributed by atoms with Crippen LogP contribution in [0.3, 0.4) is 0 Å². The van der Waals surface area contributed by atoms with Crippen molar-refractivity contribution in [2.75, 3.05) is 19.6 Å². The molecule has 1 heterocycles. The van der Waals surface area contributed by atoms with Crippen molar-refractivity contribution in [3.8, 4) is 6.07 Å². The van der Waals surface area contributed by atoms with E-state index >= 15 is 0 Å². The smallest absolute Gasteiger partial charge is 0.254 e. The summed E-state index contributed by atoms with van der Waals surface area (Å²) in [6, 6.07) is 11.8. The predicted octanol–water partition coefficient (Wildman–Crippen LogP) is 3.20. The lowest BCUT2D eigenvalue weighted by Gasteiger charge is -2.16. The summed E-state index contributed by atoms with van der Waals surface area (Å²) in [5, 5.41) is 24.3. The first-order chi connectivity index (χ1) is 15.4. The van der Waals surface area contributed by atoms with Crippen molar-refractivity contribution in [1.29, 1.82) is 5.26 Å². The number of benzene rings is 2. The molecule has 3 rings (SSSR count). The van der Waals surface area contributed by atoms with E-state index in [0.29, 0.717) is 5.56 Å². The number of aryl methyl sites for hydroxylation is 1. The van der Waals surface area contributed by atoms with Gasteiger partial charge in [0.1, 0.15) is 11.9 Å². The van der Waals surface area contributed by atoms with Crippen molar-refractivity contribution < 1.29 is 14.0 Å². The molecule has 0 saturated carbocycles. The van der Waals surface area contributed by atoms with Gasteiger partial charge in [-0.15, -0.1) is 0 Å². The number of halogens is 2. The molecule has 0 fully saturated rings. The standard InChI is InChI=1S/C22H22ClFN6O2/c1-2-14-3-5-15(6-4-14)19(12-25)27-22(32)20-13-30(29-28-20)10-9-26-21(31)17-8-7-16(23)11-18(17)24/h3-8,11,19-20H,2,9-10,13H2,1H3,(H,26,31)(H,27,32). The average molecular weight is 457 g/mol. The van der Waals surface area contributed by atoms with Crippen molar-refractivity contribution in [3.05, 3.63) is 70.0 Å². The molecule has 0 radical (unpaired) electrons. The van der Waals surface area contributed by atoms with Crippen LogP contribution in [0.5, 0.6) is 0 Å². The van der Waals surface area contributed by atoms with E-state index in [0.717, 1.165) is 18.1 Å². The van der Waals surface area contributed by atoms with E-state index in [9.17, 15) is 19.2 Å². The lowest BCUT2D eigenvalue weighted by Crippen LogP contribution is -2.40. The zero-order valence-electron chi connectivity index (χ0n) is 17.4. The number of carbonyl (C=O) groups excluding carboxylic acids is 2. The molecule has 2 aromatic rings. The molecule has 0 aliphatic carbocycles. The summed E-state index contributed by atoms with van der Waals surface area (Å²) in [6.45, 7) is 2.72. The molecule has 0 saturated heterocycles. The van der Waals surface area contributed by atoms with E-state index in [4.69, 9.17) is 11.6 Å². The van der Waals surface area contributed by atoms with Crippen LogP contribution >= 0.6 is 11.6 Å². The van der Waals surface area contributed by atoms with Crippen LogP contribution in [0.4, 0.5) is 4.39 Å². The maximum atomic E-state index is 13.8. The van der Waals surface area contributed by atoms with E-state index in [2.05, 4.69) is 27.0 Å². The van der Waals surface area contributed by atoms with Gasteiger partial charge < -0.3 is 10.6 Å². The first-order valence-electron chi connectivity index (χ1n) is 10.1. The topological polar surface area (TPSA) is 110 Å². The Morgan fingerprint density at radius 1 is 1.31 bits per heavy atom. The molecule has 2 aromatic carbocycles. The molecule has 8 nitrogen and oxygen atoms in total. The zero-order valence-corrected chi connectivity index (χ0v) is 18.1. The fraction of sp³-hybridized carbons (Fsp3) is 0.318. The van der Waals surface area contributed by atoms with Crippen molar-refractivity contribution in [2.24, 2.45) is 10.3 Å². The van der Waals surface area contributed by atoms with Crippen LogP contribution in [0, 0.1) is 17.1 Å². The van der Waals surface area contributed by atoms with Crippen LogP contribution in [0.1, 0.15) is 34.5 Å². The van der Waals surface area contributed by atoms with Gasteiger partial charge in [-0.1, -0.05) is 48.0 Å². The summed E-state index contributed by atoms with van der Waals surface area (Å²) < 4.78 is 13.8. The van der Waals surface area contributed by atoms with E-state index in [1.54, 1.807) is 0 Å². The summed E-state index contributed by atoms with van der Waals surface area (Å²) in [6.07, 6.45) is 0.886. The van der Waals surface area contributed by atoms with Gasteiger partial charge in [0.05, 0.1) is 24.7 Å². The first kappa shape index (κ1) is 23.2. The van der Waals surface area contributed by atoms with Crippen LogP contribution < -0.4 is 10.6 Å². The minimum absolute atomic E-state index is 0.107. The molecule has 2 N–H and O–H groups in total. The van der Waals surface area contributed by atoms with Gasteiger partial charge in [0.15, 0.2) is 6.04 Å². The summed E-state index contributed by atoms with van der Waals surface area (Å²) in [7, 11) is 0. The van der Waals surface area contributed by atoms with Crippen molar-refractivity contribution in [2.45, 2.75) is 25.4 Å². The van der Waals surface area contributed by atoms with Crippen molar-refractivity contribution in [1.82, 2.24) is 15.6 Å². The largest absolute Gasteiger partial charge is 0.350 e. The third-order valence-corrected chi connectivity index (χ3v) is 5.21. The number of amides is 2. The highest BCUT2D eigenvalue weighted by atomic mass is 35.5. The van der Waals surface area contributed by atoms with Gasteiger partial charge in [0.2, 0.25) is 5.91 Å². The number of carbonyl (C=O) groups is 2. The summed E-state index contributed by atoms with van der Waals surface area (Å²) in [5.74, 6) is -1.69. The summed E-state index contributed by atoms with van der Waals surface area (Å²) >= 11 is 5.69. The Labute approximate surface area is 190 Å². The number of nitriles is 1. The second kappa shape index (κ2) is 10.7. The van der Waals surface area contributed by atoms with Crippen LogP contribution in [0.15, 0.2) is 52.8 Å². The first-order valence-corrected chi connectivity index (χ1v) is 10.5. The average Bonchev–Trinajstić information content (AvgIpc) is 3.26. The Kier molecular flexibility index (Phi) is 7.73. The molecule has 10 heteroatoms. The number of nitrogens with one attached hydrogen (secondary N) is 2. The van der Waals surface area contributed by atoms with Gasteiger partial charge in [-0.25, -0.2) is 4.39 Å². The van der Waals surface area contributed by atoms with E-state index in [-0.39, 0.29) is 30.2 Å². The lowest BCUT2D eigenvalue weighted by molar-refractivity contribution is -0.122. The van der Waals surface area contributed by atoms with Gasteiger partial charge in [-0.3, -0.25) is 14.6 Å². The second-order valence-corrected chi connectivity index (χ2v) is 7.62. The normalized spacial score (nSPS) is 15.8. The molecule has 2 unspecified atom stereocenters. The van der Waals surface area contributed by atoms with E-state index in [1.807, 2.05) is 31.2 Å². The van der Waals surface area contributed by atoms with E-state index in [1.165, 1.54) is 17.1 Å². The Morgan fingerprint density at radius 3 is 2.72 bits per heavy atom. The highest BCUT2D eigenvalue weighted by Gasteiger charge is 2.28. The Hall–Kier alpha value is -3.51. The SMILES string of the molecule is CCc1ccc(C(C#N)NC(=O)C2CN(CCNC(=O)c3ccc(Cl)cc3F)N=N2)cc1. The Balaban J connectivity index is 1.46. The van der Waals surface area contributed by atoms with Gasteiger partial charge >= 0.3 is 0 Å². The lowest BCUT2D eigenvalue weighted by atomic mass is 10.0. The second-order valence-electron chi connectivity index (χ2n) is 7.18. The fourth-order valence-corrected chi connectivity index (χ4v) is 3.28. The molecule has 1 aliphatic rings. The van der Waals surface area contributed by atoms with Gasteiger partial charge in [0, 0.05) is 11.6 Å². The molecular weight excluding hydrogens is 435 g/mol. The van der Waals surface area contributed by atoms with Crippen LogP contribution in [0.2, 0.25) is 5.02 Å². The highest BCUT2D eigenvalue weighted by Crippen LogP contribution is 2.16. The number of hydrogen-bond donors (Lipinski definition) is 2. The molecule has 0 bridgehead atoms. The predicted molar refractivity (Wildman–Crippen MR) is 116 cm³/mol. The van der Waals surface area contributed by atoms with Crippen molar-refractivity contribution >= 4 is 23.4 Å². The zero-order chi connectivity index (χ0) is 23.1. The van der Waals surface area contributed by atoms with Crippen molar-refractivity contribution in [3.63, 3.8) is 0 Å². The van der Waals surface area contributed by atoms with Crippen LogP contribution in [0.25, 0.3) is 0 Å². The summed E-state index contributed by atoms with van der Waals surface area (Å²) in [4.78, 5) is 24.6. The van der Waals surface area contributed by atoms with Gasteiger partial charge in [0.25, 0.3) is 5.91 Å². The van der Waals surface area contributed by atoms with Gasteiger partial charge in [-0.05, 0) is 35.7 Å². The molecule has 2 amide bonds. The van der Waals surface area contributed by atoms with Crippen LogP contribution in [-0.2, 0) is 11.2 Å². The van der Waals surface area contributed by atoms with Gasteiger partial charge in [-0.2, -0.15) is 10.4 Å². The molecule has 32 heavy (non-hydrogen) atoms. The summed E-state index contributed by atoms with van der Waals surface area (Å²) in [5.41, 5.74) is 1.73. The quantitative estimate of drug-likeness (QED) is 0.635. The molecule has 1 aliphatic heterocycles. The Bertz CT molecular complexity index is 1050. The maximum absolute atomic E-state index is 13.8. The highest BCUT2D eigenvalue weighted by molar-refractivity contribution is 6.30. The number of hydrogen-bond acceptors (Lipinski definition) is 6. The third-order valence-electron chi connectivity index (χ3n) is 4.97. The molecule has 166 valence electrons. The fourth-order valence-electron chi connectivity index (χ4n) is 3.12. The third kappa shape index (κ3) is 5.80. The molecule has 0 aromatic heterocycles. The molecular formula is C22H22ClFN6O2. The minimum Gasteiger partial charge on any atom is -0.350 e. The van der Waals surface area contributed by atoms with Crippen LogP contribution in [-0.4, -0.2) is 42.5 Å². The monoisotopic (exact) mass is 456 g/mol. The molecule has 2 atom stereocenters. The maximum Gasteiger partial charge on any atom is 0.254 e. The van der Waals surface area contributed by atoms with E-state index < -0.39 is 29.7 Å². The number of nitrogens with zero attached hydrogens (tertiary/aromatic N) is 4. The number of rotatable bonds is 8. The molecule has 0 spiro atoms. The Morgan fingerprint density at radius 2 is 2.06 bits per heavy atom. The minimum atomic E-state index is -0.786.